The molecule has 0 radical (unpaired) electrons. The second-order valence-corrected chi connectivity index (χ2v) is 6.29. The molecule has 0 aliphatic heterocycles. The molecule has 1 saturated carbocycles. The van der Waals surface area contributed by atoms with Crippen molar-refractivity contribution in [2.45, 2.75) is 31.7 Å². The number of hydrogen-bond donors (Lipinski definition) is 3. The molecule has 0 unspecified atom stereocenters. The number of aliphatic carboxylic acids is 1. The van der Waals surface area contributed by atoms with E-state index in [4.69, 9.17) is 5.11 Å². The second kappa shape index (κ2) is 7.33. The van der Waals surface area contributed by atoms with Crippen molar-refractivity contribution in [2.24, 2.45) is 13.0 Å². The normalized spacial score (nSPS) is 20.0. The van der Waals surface area contributed by atoms with Crippen LogP contribution in [-0.2, 0) is 11.8 Å². The van der Waals surface area contributed by atoms with E-state index in [1.807, 2.05) is 13.2 Å². The quantitative estimate of drug-likeness (QED) is 0.789. The Labute approximate surface area is 145 Å². The van der Waals surface area contributed by atoms with Gasteiger partial charge in [-0.2, -0.15) is 5.10 Å². The Morgan fingerprint density at radius 3 is 2.68 bits per heavy atom. The van der Waals surface area contributed by atoms with E-state index in [0.29, 0.717) is 37.1 Å². The third-order valence-corrected chi connectivity index (χ3v) is 4.45. The lowest BCUT2D eigenvalue weighted by atomic mass is 9.86. The molecule has 0 spiro atoms. The van der Waals surface area contributed by atoms with E-state index < -0.39 is 5.97 Å². The standard InChI is InChI=1S/C17H21N5O3/c1-22-10-12(9-19-22)15-14(3-2-8-18-15)21-17(25)20-13-6-4-11(5-7-13)16(23)24/h2-3,8-11,13H,4-7H2,1H3,(H,23,24)(H2,20,21,25). The highest BCUT2D eigenvalue weighted by Crippen LogP contribution is 2.26. The number of rotatable bonds is 4. The van der Waals surface area contributed by atoms with E-state index >= 15 is 0 Å². The number of amides is 2. The first-order chi connectivity index (χ1) is 12.0. The molecule has 3 rings (SSSR count). The summed E-state index contributed by atoms with van der Waals surface area (Å²) in [5, 5.41) is 18.9. The largest absolute Gasteiger partial charge is 0.481 e. The molecule has 1 aliphatic carbocycles. The van der Waals surface area contributed by atoms with Crippen LogP contribution in [0.4, 0.5) is 10.5 Å². The van der Waals surface area contributed by atoms with Crippen LogP contribution in [0.25, 0.3) is 11.3 Å². The molecule has 2 aromatic rings. The molecule has 1 fully saturated rings. The number of anilines is 1. The lowest BCUT2D eigenvalue weighted by Gasteiger charge is -2.26. The average Bonchev–Trinajstić information content (AvgIpc) is 3.02. The van der Waals surface area contributed by atoms with Gasteiger partial charge in [-0.05, 0) is 37.8 Å². The Morgan fingerprint density at radius 1 is 1.28 bits per heavy atom. The van der Waals surface area contributed by atoms with E-state index in [0.717, 1.165) is 5.56 Å². The zero-order valence-electron chi connectivity index (χ0n) is 14.0. The van der Waals surface area contributed by atoms with Gasteiger partial charge in [-0.25, -0.2) is 4.79 Å². The Morgan fingerprint density at radius 2 is 2.04 bits per heavy atom. The molecule has 2 heterocycles. The lowest BCUT2D eigenvalue weighted by Crippen LogP contribution is -2.41. The maximum absolute atomic E-state index is 12.3. The molecule has 1 aliphatic rings. The van der Waals surface area contributed by atoms with Gasteiger partial charge < -0.3 is 15.7 Å². The predicted octanol–water partition coefficient (Wildman–Crippen LogP) is 2.25. The Kier molecular flexibility index (Phi) is 4.97. The molecule has 2 aromatic heterocycles. The van der Waals surface area contributed by atoms with E-state index in [9.17, 15) is 9.59 Å². The summed E-state index contributed by atoms with van der Waals surface area (Å²) in [7, 11) is 1.82. The molecule has 0 aromatic carbocycles. The lowest BCUT2D eigenvalue weighted by molar-refractivity contribution is -0.142. The van der Waals surface area contributed by atoms with Gasteiger partial charge in [-0.15, -0.1) is 0 Å². The van der Waals surface area contributed by atoms with Crippen molar-refractivity contribution in [3.63, 3.8) is 0 Å². The van der Waals surface area contributed by atoms with Crippen LogP contribution >= 0.6 is 0 Å². The summed E-state index contributed by atoms with van der Waals surface area (Å²) in [5.41, 5.74) is 2.08. The SMILES string of the molecule is Cn1cc(-c2ncccc2NC(=O)NC2CCC(C(=O)O)CC2)cn1. The van der Waals surface area contributed by atoms with Crippen LogP contribution in [0.15, 0.2) is 30.7 Å². The number of carboxylic acids is 1. The summed E-state index contributed by atoms with van der Waals surface area (Å²) in [5.74, 6) is -1.05. The maximum atomic E-state index is 12.3. The molecule has 132 valence electrons. The number of carboxylic acid groups (broad SMARTS) is 1. The van der Waals surface area contributed by atoms with Crippen molar-refractivity contribution in [1.29, 1.82) is 0 Å². The highest BCUT2D eigenvalue weighted by Gasteiger charge is 2.26. The second-order valence-electron chi connectivity index (χ2n) is 6.29. The monoisotopic (exact) mass is 343 g/mol. The molecule has 0 atom stereocenters. The van der Waals surface area contributed by atoms with E-state index in [1.54, 1.807) is 29.2 Å². The number of nitrogens with one attached hydrogen (secondary N) is 2. The van der Waals surface area contributed by atoms with Gasteiger partial charge in [0.05, 0.1) is 23.5 Å². The smallest absolute Gasteiger partial charge is 0.319 e. The van der Waals surface area contributed by atoms with Crippen LogP contribution in [0.2, 0.25) is 0 Å². The zero-order valence-corrected chi connectivity index (χ0v) is 14.0. The highest BCUT2D eigenvalue weighted by atomic mass is 16.4. The molecular formula is C17H21N5O3. The summed E-state index contributed by atoms with van der Waals surface area (Å²) < 4.78 is 1.68. The Hall–Kier alpha value is -2.90. The van der Waals surface area contributed by atoms with Crippen LogP contribution < -0.4 is 10.6 Å². The van der Waals surface area contributed by atoms with Gasteiger partial charge in [0.25, 0.3) is 0 Å². The van der Waals surface area contributed by atoms with Crippen LogP contribution in [-0.4, -0.2) is 37.9 Å². The highest BCUT2D eigenvalue weighted by molar-refractivity contribution is 5.93. The number of aromatic nitrogens is 3. The van der Waals surface area contributed by atoms with Gasteiger partial charge >= 0.3 is 12.0 Å². The molecular weight excluding hydrogens is 322 g/mol. The minimum absolute atomic E-state index is 0.00545. The van der Waals surface area contributed by atoms with Crippen LogP contribution in [0.3, 0.4) is 0 Å². The fourth-order valence-electron chi connectivity index (χ4n) is 3.11. The third-order valence-electron chi connectivity index (χ3n) is 4.45. The van der Waals surface area contributed by atoms with Gasteiger partial charge in [0, 0.05) is 31.0 Å². The number of aryl methyl sites for hydroxylation is 1. The topological polar surface area (TPSA) is 109 Å². The molecule has 0 bridgehead atoms. The summed E-state index contributed by atoms with van der Waals surface area (Å²) in [6, 6.07) is 3.23. The molecule has 2 amide bonds. The molecule has 8 nitrogen and oxygen atoms in total. The summed E-state index contributed by atoms with van der Waals surface area (Å²) in [6.07, 6.45) is 7.72. The van der Waals surface area contributed by atoms with E-state index in [2.05, 4.69) is 20.7 Å². The number of pyridine rings is 1. The van der Waals surface area contributed by atoms with Crippen molar-refractivity contribution in [3.8, 4) is 11.3 Å². The summed E-state index contributed by atoms with van der Waals surface area (Å²) in [4.78, 5) is 27.6. The van der Waals surface area contributed by atoms with Crippen LogP contribution in [0.5, 0.6) is 0 Å². The van der Waals surface area contributed by atoms with Crippen molar-refractivity contribution in [1.82, 2.24) is 20.1 Å². The first-order valence-electron chi connectivity index (χ1n) is 8.27. The predicted molar refractivity (Wildman–Crippen MR) is 92.0 cm³/mol. The summed E-state index contributed by atoms with van der Waals surface area (Å²) >= 11 is 0. The van der Waals surface area contributed by atoms with Crippen molar-refractivity contribution in [2.75, 3.05) is 5.32 Å². The number of carbonyl (C=O) groups is 2. The first-order valence-corrected chi connectivity index (χ1v) is 8.27. The van der Waals surface area contributed by atoms with Crippen molar-refractivity contribution >= 4 is 17.7 Å². The molecule has 3 N–H and O–H groups in total. The van der Waals surface area contributed by atoms with Crippen molar-refractivity contribution < 1.29 is 14.7 Å². The Balaban J connectivity index is 1.61. The zero-order chi connectivity index (χ0) is 17.8. The minimum atomic E-state index is -0.751. The average molecular weight is 343 g/mol. The van der Waals surface area contributed by atoms with Crippen LogP contribution in [0, 0.1) is 5.92 Å². The fourth-order valence-corrected chi connectivity index (χ4v) is 3.11. The Bertz CT molecular complexity index is 765. The molecule has 0 saturated heterocycles. The maximum Gasteiger partial charge on any atom is 0.319 e. The minimum Gasteiger partial charge on any atom is -0.481 e. The van der Waals surface area contributed by atoms with Gasteiger partial charge in [0.15, 0.2) is 0 Å². The third kappa shape index (κ3) is 4.14. The number of hydrogen-bond acceptors (Lipinski definition) is 4. The van der Waals surface area contributed by atoms with Gasteiger partial charge in [-0.3, -0.25) is 14.5 Å². The van der Waals surface area contributed by atoms with E-state index in [-0.39, 0.29) is 18.0 Å². The number of nitrogens with zero attached hydrogens (tertiary/aromatic N) is 3. The van der Waals surface area contributed by atoms with Crippen LogP contribution in [0.1, 0.15) is 25.7 Å². The summed E-state index contributed by atoms with van der Waals surface area (Å²) in [6.45, 7) is 0. The first kappa shape index (κ1) is 16.9. The number of carbonyl (C=O) groups excluding carboxylic acids is 1. The fraction of sp³-hybridized carbons (Fsp3) is 0.412. The van der Waals surface area contributed by atoms with Gasteiger partial charge in [0.1, 0.15) is 0 Å². The number of urea groups is 1. The molecule has 8 heteroatoms. The van der Waals surface area contributed by atoms with E-state index in [1.165, 1.54) is 0 Å². The van der Waals surface area contributed by atoms with Gasteiger partial charge in [-0.1, -0.05) is 0 Å². The van der Waals surface area contributed by atoms with Gasteiger partial charge in [0.2, 0.25) is 0 Å². The van der Waals surface area contributed by atoms with Crippen molar-refractivity contribution in [3.05, 3.63) is 30.7 Å². The molecule has 25 heavy (non-hydrogen) atoms.